The van der Waals surface area contributed by atoms with Crippen LogP contribution in [0.1, 0.15) is 18.5 Å². The van der Waals surface area contributed by atoms with E-state index in [4.69, 9.17) is 23.2 Å². The third-order valence-corrected chi connectivity index (χ3v) is 3.58. The van der Waals surface area contributed by atoms with Crippen molar-refractivity contribution < 1.29 is 9.31 Å². The maximum absolute atomic E-state index is 13.4. The summed E-state index contributed by atoms with van der Waals surface area (Å²) in [7, 11) is 0. The van der Waals surface area contributed by atoms with E-state index in [2.05, 4.69) is 5.32 Å². The second kappa shape index (κ2) is 6.28. The summed E-state index contributed by atoms with van der Waals surface area (Å²) in [4.78, 5) is 10.1. The third-order valence-electron chi connectivity index (χ3n) is 2.97. The zero-order valence-electron chi connectivity index (χ0n) is 10.9. The summed E-state index contributed by atoms with van der Waals surface area (Å²) in [6.45, 7) is 1.83. The van der Waals surface area contributed by atoms with Gasteiger partial charge in [0, 0.05) is 17.8 Å². The van der Waals surface area contributed by atoms with Gasteiger partial charge in [0.15, 0.2) is 0 Å². The summed E-state index contributed by atoms with van der Waals surface area (Å²) in [6, 6.07) is 8.64. The molecule has 2 aromatic rings. The Morgan fingerprint density at radius 1 is 1.19 bits per heavy atom. The molecule has 7 heteroatoms. The van der Waals surface area contributed by atoms with Gasteiger partial charge in [-0.1, -0.05) is 29.3 Å². The van der Waals surface area contributed by atoms with Crippen LogP contribution < -0.4 is 5.32 Å². The van der Waals surface area contributed by atoms with Crippen LogP contribution in [-0.2, 0) is 0 Å². The first-order valence-electron chi connectivity index (χ1n) is 6.04. The number of halogens is 3. The van der Waals surface area contributed by atoms with Crippen molar-refractivity contribution in [3.8, 4) is 0 Å². The monoisotopic (exact) mass is 328 g/mol. The molecule has 0 radical (unpaired) electrons. The maximum Gasteiger partial charge on any atom is 0.288 e. The Labute approximate surface area is 130 Å². The molecule has 0 bridgehead atoms. The Morgan fingerprint density at radius 2 is 1.90 bits per heavy atom. The van der Waals surface area contributed by atoms with Crippen molar-refractivity contribution in [2.75, 3.05) is 5.32 Å². The number of hydrogen-bond donors (Lipinski definition) is 1. The Morgan fingerprint density at radius 3 is 2.48 bits per heavy atom. The standard InChI is InChI=1S/C14H11Cl2FN2O2/c1-8(9-2-4-11(15)13(17)6-9)18-10-3-5-14(19(20)21)12(16)7-10/h2-8,18H,1H3. The molecule has 0 spiro atoms. The van der Waals surface area contributed by atoms with Crippen molar-refractivity contribution in [3.05, 3.63) is 67.9 Å². The lowest BCUT2D eigenvalue weighted by molar-refractivity contribution is -0.384. The highest BCUT2D eigenvalue weighted by atomic mass is 35.5. The fourth-order valence-corrected chi connectivity index (χ4v) is 2.23. The summed E-state index contributed by atoms with van der Waals surface area (Å²) in [5.74, 6) is -0.496. The van der Waals surface area contributed by atoms with Crippen LogP contribution in [0.2, 0.25) is 10.0 Å². The first-order chi connectivity index (χ1) is 9.88. The van der Waals surface area contributed by atoms with Crippen LogP contribution >= 0.6 is 23.2 Å². The lowest BCUT2D eigenvalue weighted by atomic mass is 10.1. The number of nitrogens with zero attached hydrogens (tertiary/aromatic N) is 1. The van der Waals surface area contributed by atoms with Crippen LogP contribution in [0.15, 0.2) is 36.4 Å². The van der Waals surface area contributed by atoms with Crippen molar-refractivity contribution in [2.45, 2.75) is 13.0 Å². The first kappa shape index (κ1) is 15.5. The molecule has 2 aromatic carbocycles. The van der Waals surface area contributed by atoms with Crippen LogP contribution in [0.3, 0.4) is 0 Å². The lowest BCUT2D eigenvalue weighted by Gasteiger charge is -2.16. The van der Waals surface area contributed by atoms with Crippen LogP contribution in [0.4, 0.5) is 15.8 Å². The topological polar surface area (TPSA) is 55.2 Å². The molecule has 0 amide bonds. The van der Waals surface area contributed by atoms with Gasteiger partial charge in [0.25, 0.3) is 5.69 Å². The van der Waals surface area contributed by atoms with Crippen molar-refractivity contribution in [1.82, 2.24) is 0 Å². The second-order valence-corrected chi connectivity index (χ2v) is 5.28. The largest absolute Gasteiger partial charge is 0.378 e. The van der Waals surface area contributed by atoms with E-state index in [0.717, 1.165) is 0 Å². The molecule has 0 saturated carbocycles. The molecular formula is C14H11Cl2FN2O2. The van der Waals surface area contributed by atoms with E-state index in [1.165, 1.54) is 24.3 Å². The van der Waals surface area contributed by atoms with Crippen molar-refractivity contribution in [2.24, 2.45) is 0 Å². The zero-order chi connectivity index (χ0) is 15.6. The minimum absolute atomic E-state index is 0.0412. The quantitative estimate of drug-likeness (QED) is 0.618. The molecule has 0 aliphatic carbocycles. The SMILES string of the molecule is CC(Nc1ccc([N+](=O)[O-])c(Cl)c1)c1ccc(Cl)c(F)c1. The van der Waals surface area contributed by atoms with Gasteiger partial charge in [-0.05, 0) is 36.8 Å². The summed E-state index contributed by atoms with van der Waals surface area (Å²) in [5.41, 5.74) is 1.15. The Hall–Kier alpha value is -1.85. The van der Waals surface area contributed by atoms with E-state index in [0.29, 0.717) is 11.3 Å². The molecule has 0 aliphatic rings. The Bertz CT molecular complexity index is 695. The molecule has 1 N–H and O–H groups in total. The molecule has 0 fully saturated rings. The normalized spacial score (nSPS) is 12.0. The number of nitro benzene ring substituents is 1. The average Bonchev–Trinajstić information content (AvgIpc) is 2.41. The van der Waals surface area contributed by atoms with Gasteiger partial charge >= 0.3 is 0 Å². The van der Waals surface area contributed by atoms with E-state index in [1.54, 1.807) is 12.1 Å². The smallest absolute Gasteiger partial charge is 0.288 e. The van der Waals surface area contributed by atoms with Crippen molar-refractivity contribution in [3.63, 3.8) is 0 Å². The highest BCUT2D eigenvalue weighted by Crippen LogP contribution is 2.29. The molecular weight excluding hydrogens is 318 g/mol. The molecule has 21 heavy (non-hydrogen) atoms. The van der Waals surface area contributed by atoms with Crippen LogP contribution in [0, 0.1) is 15.9 Å². The third kappa shape index (κ3) is 3.62. The van der Waals surface area contributed by atoms with Crippen molar-refractivity contribution >= 4 is 34.6 Å². The number of anilines is 1. The van der Waals surface area contributed by atoms with Gasteiger partial charge in [0.05, 0.1) is 9.95 Å². The van der Waals surface area contributed by atoms with E-state index in [9.17, 15) is 14.5 Å². The van der Waals surface area contributed by atoms with Crippen LogP contribution in [0.5, 0.6) is 0 Å². The molecule has 4 nitrogen and oxygen atoms in total. The van der Waals surface area contributed by atoms with Gasteiger partial charge in [-0.15, -0.1) is 0 Å². The van der Waals surface area contributed by atoms with Gasteiger partial charge in [0.2, 0.25) is 0 Å². The van der Waals surface area contributed by atoms with Gasteiger partial charge < -0.3 is 5.32 Å². The number of nitrogens with one attached hydrogen (secondary N) is 1. The number of hydrogen-bond acceptors (Lipinski definition) is 3. The molecule has 0 heterocycles. The summed E-state index contributed by atoms with van der Waals surface area (Å²) >= 11 is 11.5. The predicted octanol–water partition coefficient (Wildman–Crippen LogP) is 5.21. The van der Waals surface area contributed by atoms with Gasteiger partial charge in [-0.3, -0.25) is 10.1 Å². The van der Waals surface area contributed by atoms with Crippen molar-refractivity contribution in [1.29, 1.82) is 0 Å². The Kier molecular flexibility index (Phi) is 4.65. The molecule has 110 valence electrons. The maximum atomic E-state index is 13.4. The molecule has 1 unspecified atom stereocenters. The van der Waals surface area contributed by atoms with E-state index in [1.807, 2.05) is 6.92 Å². The van der Waals surface area contributed by atoms with Gasteiger partial charge in [-0.2, -0.15) is 0 Å². The lowest BCUT2D eigenvalue weighted by Crippen LogP contribution is -2.07. The summed E-state index contributed by atoms with van der Waals surface area (Å²) in [6.07, 6.45) is 0. The fourth-order valence-electron chi connectivity index (χ4n) is 1.86. The van der Waals surface area contributed by atoms with E-state index < -0.39 is 10.7 Å². The average molecular weight is 329 g/mol. The van der Waals surface area contributed by atoms with E-state index >= 15 is 0 Å². The number of rotatable bonds is 4. The molecule has 1 atom stereocenters. The zero-order valence-corrected chi connectivity index (χ0v) is 12.5. The van der Waals surface area contributed by atoms with Crippen LogP contribution in [-0.4, -0.2) is 4.92 Å². The second-order valence-electron chi connectivity index (χ2n) is 4.46. The predicted molar refractivity (Wildman–Crippen MR) is 81.6 cm³/mol. The minimum atomic E-state index is -0.551. The molecule has 0 saturated heterocycles. The molecule has 0 aromatic heterocycles. The molecule has 0 aliphatic heterocycles. The molecule has 2 rings (SSSR count). The van der Waals surface area contributed by atoms with E-state index in [-0.39, 0.29) is 21.8 Å². The fraction of sp³-hybridized carbons (Fsp3) is 0.143. The van der Waals surface area contributed by atoms with Gasteiger partial charge in [-0.25, -0.2) is 4.39 Å². The Balaban J connectivity index is 2.19. The summed E-state index contributed by atoms with van der Waals surface area (Å²) in [5, 5.41) is 13.9. The highest BCUT2D eigenvalue weighted by molar-refractivity contribution is 6.33. The minimum Gasteiger partial charge on any atom is -0.378 e. The number of nitro groups is 1. The van der Waals surface area contributed by atoms with Gasteiger partial charge in [0.1, 0.15) is 10.8 Å². The highest BCUT2D eigenvalue weighted by Gasteiger charge is 2.14. The first-order valence-corrected chi connectivity index (χ1v) is 6.79. The van der Waals surface area contributed by atoms with Crippen LogP contribution in [0.25, 0.3) is 0 Å². The summed E-state index contributed by atoms with van der Waals surface area (Å²) < 4.78 is 13.4. The number of benzene rings is 2.